The summed E-state index contributed by atoms with van der Waals surface area (Å²) in [6.45, 7) is 8.03. The van der Waals surface area contributed by atoms with E-state index in [1.165, 1.54) is 101 Å². The van der Waals surface area contributed by atoms with Gasteiger partial charge in [-0.1, -0.05) is 71.1 Å². The number of nitrogens with zero attached hydrogens (tertiary/aromatic N) is 1. The smallest absolute Gasteiger partial charge is 0.102 e. The summed E-state index contributed by atoms with van der Waals surface area (Å²) in [4.78, 5) is 0. The van der Waals surface area contributed by atoms with Gasteiger partial charge in [0.1, 0.15) is 13.1 Å². The number of quaternary nitrogens is 1. The van der Waals surface area contributed by atoms with Gasteiger partial charge in [0.05, 0.1) is 26.8 Å². The van der Waals surface area contributed by atoms with Gasteiger partial charge in [0.15, 0.2) is 0 Å². The van der Waals surface area contributed by atoms with Crippen LogP contribution in [-0.2, 0) is 4.74 Å². The Bertz CT molecular complexity index is 224. The molecule has 0 radical (unpaired) electrons. The third-order valence-electron chi connectivity index (χ3n) is 5.10. The van der Waals surface area contributed by atoms with Gasteiger partial charge < -0.3 is 9.22 Å². The van der Waals surface area contributed by atoms with Crippen molar-refractivity contribution in [2.75, 3.05) is 39.9 Å². The number of rotatable bonds is 13. The van der Waals surface area contributed by atoms with Crippen LogP contribution in [0.4, 0.5) is 0 Å². The van der Waals surface area contributed by atoms with Crippen LogP contribution in [0.15, 0.2) is 0 Å². The van der Waals surface area contributed by atoms with E-state index in [2.05, 4.69) is 14.0 Å². The summed E-state index contributed by atoms with van der Waals surface area (Å²) in [6.07, 6.45) is 17.4. The van der Waals surface area contributed by atoms with Crippen molar-refractivity contribution in [3.8, 4) is 0 Å². The van der Waals surface area contributed by atoms with Gasteiger partial charge in [-0.05, 0) is 12.8 Å². The number of hydrogen-bond acceptors (Lipinski definition) is 1. The second-order valence-corrected chi connectivity index (χ2v) is 7.29. The molecule has 0 saturated carbocycles. The molecule has 1 aliphatic rings. The Morgan fingerprint density at radius 3 is 1.57 bits per heavy atom. The van der Waals surface area contributed by atoms with E-state index < -0.39 is 0 Å². The predicted octanol–water partition coefficient (Wildman–Crippen LogP) is 5.16. The molecule has 21 heavy (non-hydrogen) atoms. The van der Waals surface area contributed by atoms with Crippen molar-refractivity contribution < 1.29 is 9.22 Å². The summed E-state index contributed by atoms with van der Waals surface area (Å²) in [7, 11) is 2.40. The molecule has 0 aliphatic carbocycles. The lowest BCUT2D eigenvalue weighted by Gasteiger charge is -2.37. The minimum atomic E-state index is 0.967. The van der Waals surface area contributed by atoms with Crippen LogP contribution in [-0.4, -0.2) is 44.4 Å². The maximum absolute atomic E-state index is 5.46. The summed E-state index contributed by atoms with van der Waals surface area (Å²) in [5.74, 6) is 0. The van der Waals surface area contributed by atoms with Gasteiger partial charge in [-0.15, -0.1) is 0 Å². The van der Waals surface area contributed by atoms with Crippen LogP contribution in [0.1, 0.15) is 84.0 Å². The lowest BCUT2D eigenvalue weighted by molar-refractivity contribution is -0.917. The maximum Gasteiger partial charge on any atom is 0.102 e. The summed E-state index contributed by atoms with van der Waals surface area (Å²) >= 11 is 0. The standard InChI is InChI=1S/C19H40NO/c1-3-4-5-6-7-8-9-10-11-12-13-14-15-20(2)16-18-21-19-17-20/h3-19H2,1-2H3/q+1. The van der Waals surface area contributed by atoms with Gasteiger partial charge in [0.25, 0.3) is 0 Å². The molecule has 0 aromatic carbocycles. The average Bonchev–Trinajstić information content (AvgIpc) is 2.49. The number of ether oxygens (including phenoxy) is 1. The first-order valence-corrected chi connectivity index (χ1v) is 9.68. The van der Waals surface area contributed by atoms with E-state index in [1.54, 1.807) is 0 Å². The Hall–Kier alpha value is -0.0800. The van der Waals surface area contributed by atoms with Gasteiger partial charge in [-0.25, -0.2) is 0 Å². The Balaban J connectivity index is 1.78. The van der Waals surface area contributed by atoms with Gasteiger partial charge in [-0.2, -0.15) is 0 Å². The first kappa shape index (κ1) is 19.0. The maximum atomic E-state index is 5.46. The van der Waals surface area contributed by atoms with Crippen molar-refractivity contribution in [2.45, 2.75) is 84.0 Å². The van der Waals surface area contributed by atoms with Crippen LogP contribution in [0.2, 0.25) is 0 Å². The first-order valence-electron chi connectivity index (χ1n) is 9.68. The van der Waals surface area contributed by atoms with Crippen molar-refractivity contribution in [1.29, 1.82) is 0 Å². The molecule has 1 aliphatic heterocycles. The summed E-state index contributed by atoms with van der Waals surface area (Å²) in [6, 6.07) is 0. The second kappa shape index (κ2) is 12.5. The Labute approximate surface area is 133 Å². The summed E-state index contributed by atoms with van der Waals surface area (Å²) in [5.41, 5.74) is 0. The normalized spacial score (nSPS) is 18.0. The third kappa shape index (κ3) is 10.3. The van der Waals surface area contributed by atoms with Gasteiger partial charge >= 0.3 is 0 Å². The molecule has 1 heterocycles. The minimum Gasteiger partial charge on any atom is -0.370 e. The molecule has 2 heteroatoms. The van der Waals surface area contributed by atoms with E-state index in [9.17, 15) is 0 Å². The summed E-state index contributed by atoms with van der Waals surface area (Å²) in [5, 5.41) is 0. The molecule has 0 atom stereocenters. The number of hydrogen-bond donors (Lipinski definition) is 0. The molecule has 0 bridgehead atoms. The largest absolute Gasteiger partial charge is 0.370 e. The molecular weight excluding hydrogens is 258 g/mol. The fraction of sp³-hybridized carbons (Fsp3) is 1.00. The van der Waals surface area contributed by atoms with Gasteiger partial charge in [0, 0.05) is 0 Å². The monoisotopic (exact) mass is 298 g/mol. The molecule has 126 valence electrons. The molecule has 0 aromatic rings. The van der Waals surface area contributed by atoms with Crippen molar-refractivity contribution in [2.24, 2.45) is 0 Å². The highest BCUT2D eigenvalue weighted by atomic mass is 16.5. The highest BCUT2D eigenvalue weighted by Crippen LogP contribution is 2.14. The zero-order chi connectivity index (χ0) is 15.2. The van der Waals surface area contributed by atoms with E-state index in [0.717, 1.165) is 13.2 Å². The molecular formula is C19H40NO+. The predicted molar refractivity (Wildman–Crippen MR) is 92.7 cm³/mol. The Morgan fingerprint density at radius 1 is 0.667 bits per heavy atom. The number of morpholine rings is 1. The van der Waals surface area contributed by atoms with Crippen molar-refractivity contribution in [3.05, 3.63) is 0 Å². The van der Waals surface area contributed by atoms with Crippen LogP contribution >= 0.6 is 0 Å². The van der Waals surface area contributed by atoms with E-state index >= 15 is 0 Å². The van der Waals surface area contributed by atoms with E-state index in [-0.39, 0.29) is 0 Å². The lowest BCUT2D eigenvalue weighted by atomic mass is 10.1. The van der Waals surface area contributed by atoms with Crippen molar-refractivity contribution in [3.63, 3.8) is 0 Å². The molecule has 0 amide bonds. The highest BCUT2D eigenvalue weighted by molar-refractivity contribution is 4.51. The molecule has 2 nitrogen and oxygen atoms in total. The molecule has 0 spiro atoms. The second-order valence-electron chi connectivity index (χ2n) is 7.29. The van der Waals surface area contributed by atoms with Crippen LogP contribution in [0.25, 0.3) is 0 Å². The Morgan fingerprint density at radius 2 is 1.10 bits per heavy atom. The molecule has 0 aromatic heterocycles. The SMILES string of the molecule is CCCCCCCCCCCCCC[N+]1(C)CCOCC1. The number of unbranched alkanes of at least 4 members (excludes halogenated alkanes) is 11. The van der Waals surface area contributed by atoms with Crippen molar-refractivity contribution in [1.82, 2.24) is 0 Å². The molecule has 1 rings (SSSR count). The lowest BCUT2D eigenvalue weighted by Crippen LogP contribution is -2.52. The third-order valence-corrected chi connectivity index (χ3v) is 5.10. The molecule has 0 N–H and O–H groups in total. The highest BCUT2D eigenvalue weighted by Gasteiger charge is 2.23. The van der Waals surface area contributed by atoms with Gasteiger partial charge in [0.2, 0.25) is 0 Å². The van der Waals surface area contributed by atoms with E-state index in [4.69, 9.17) is 4.74 Å². The zero-order valence-corrected chi connectivity index (χ0v) is 14.9. The molecule has 0 unspecified atom stereocenters. The van der Waals surface area contributed by atoms with Crippen molar-refractivity contribution >= 4 is 0 Å². The van der Waals surface area contributed by atoms with Crippen LogP contribution in [0.5, 0.6) is 0 Å². The summed E-state index contributed by atoms with van der Waals surface area (Å²) < 4.78 is 6.71. The fourth-order valence-corrected chi connectivity index (χ4v) is 3.34. The van der Waals surface area contributed by atoms with Crippen LogP contribution in [0.3, 0.4) is 0 Å². The Kier molecular flexibility index (Phi) is 11.3. The average molecular weight is 299 g/mol. The quantitative estimate of drug-likeness (QED) is 0.337. The zero-order valence-electron chi connectivity index (χ0n) is 14.9. The van der Waals surface area contributed by atoms with E-state index in [1.807, 2.05) is 0 Å². The minimum absolute atomic E-state index is 0.967. The topological polar surface area (TPSA) is 9.23 Å². The first-order chi connectivity index (χ1) is 10.3. The molecule has 1 fully saturated rings. The molecule has 1 saturated heterocycles. The van der Waals surface area contributed by atoms with E-state index in [0.29, 0.717) is 0 Å². The van der Waals surface area contributed by atoms with Crippen LogP contribution in [0, 0.1) is 0 Å². The van der Waals surface area contributed by atoms with Gasteiger partial charge in [-0.3, -0.25) is 0 Å². The fourth-order valence-electron chi connectivity index (χ4n) is 3.34. The van der Waals surface area contributed by atoms with Crippen LogP contribution < -0.4 is 0 Å². The number of likely N-dealkylation sites (N-methyl/N-ethyl adjacent to an activating group) is 1.